The van der Waals surface area contributed by atoms with Crippen LogP contribution in [0.4, 0.5) is 0 Å². The molecule has 1 heterocycles. The Hall–Kier alpha value is -1.31. The van der Waals surface area contributed by atoms with Crippen LogP contribution in [0, 0.1) is 6.92 Å². The van der Waals surface area contributed by atoms with E-state index in [1.54, 1.807) is 13.0 Å². The van der Waals surface area contributed by atoms with Gasteiger partial charge in [0.25, 0.3) is 0 Å². The number of hydrogen-bond donors (Lipinski definition) is 1. The van der Waals surface area contributed by atoms with Crippen molar-refractivity contribution in [2.75, 3.05) is 33.9 Å². The number of hydrogen-bond acceptors (Lipinski definition) is 5. The fraction of sp³-hybridized carbons (Fsp3) is 0.571. The molecule has 0 saturated carbocycles. The molecule has 21 heavy (non-hydrogen) atoms. The van der Waals surface area contributed by atoms with Crippen molar-refractivity contribution in [3.05, 3.63) is 17.7 Å². The first-order valence-corrected chi connectivity index (χ1v) is 8.31. The van der Waals surface area contributed by atoms with E-state index in [1.807, 2.05) is 6.92 Å². The number of methoxy groups -OCH3 is 2. The zero-order valence-electron chi connectivity index (χ0n) is 12.8. The van der Waals surface area contributed by atoms with E-state index < -0.39 is 10.0 Å². The molecule has 0 bridgehead atoms. The van der Waals surface area contributed by atoms with Crippen LogP contribution in [0.2, 0.25) is 0 Å². The van der Waals surface area contributed by atoms with Crippen molar-refractivity contribution in [2.24, 2.45) is 0 Å². The number of aryl methyl sites for hydroxylation is 1. The van der Waals surface area contributed by atoms with E-state index >= 15 is 0 Å². The Morgan fingerprint density at radius 2 is 1.86 bits per heavy atom. The molecule has 1 atom stereocenters. The van der Waals surface area contributed by atoms with E-state index in [9.17, 15) is 8.42 Å². The lowest BCUT2D eigenvalue weighted by Crippen LogP contribution is -2.52. The van der Waals surface area contributed by atoms with Crippen molar-refractivity contribution in [3.63, 3.8) is 0 Å². The highest BCUT2D eigenvalue weighted by atomic mass is 32.2. The SMILES string of the molecule is COc1cc(C)c(S(=O)(=O)N2CCNC[C@H]2C)cc1OC. The summed E-state index contributed by atoms with van der Waals surface area (Å²) < 4.78 is 37.7. The number of sulfonamides is 1. The number of rotatable bonds is 4. The molecule has 1 saturated heterocycles. The molecule has 1 aliphatic heterocycles. The van der Waals surface area contributed by atoms with Crippen molar-refractivity contribution < 1.29 is 17.9 Å². The van der Waals surface area contributed by atoms with Crippen LogP contribution in [0.1, 0.15) is 12.5 Å². The third-order valence-electron chi connectivity index (χ3n) is 3.71. The van der Waals surface area contributed by atoms with Gasteiger partial charge in [-0.25, -0.2) is 8.42 Å². The summed E-state index contributed by atoms with van der Waals surface area (Å²) >= 11 is 0. The first-order valence-electron chi connectivity index (χ1n) is 6.87. The molecular formula is C14H22N2O4S. The van der Waals surface area contributed by atoms with Crippen LogP contribution >= 0.6 is 0 Å². The molecular weight excluding hydrogens is 292 g/mol. The molecule has 118 valence electrons. The second-order valence-electron chi connectivity index (χ2n) is 5.14. The van der Waals surface area contributed by atoms with Gasteiger partial charge in [-0.1, -0.05) is 0 Å². The molecule has 0 aliphatic carbocycles. The monoisotopic (exact) mass is 314 g/mol. The number of nitrogens with zero attached hydrogens (tertiary/aromatic N) is 1. The predicted octanol–water partition coefficient (Wildman–Crippen LogP) is 0.995. The van der Waals surface area contributed by atoms with Gasteiger partial charge < -0.3 is 14.8 Å². The van der Waals surface area contributed by atoms with Crippen molar-refractivity contribution in [3.8, 4) is 11.5 Å². The molecule has 1 fully saturated rings. The Balaban J connectivity index is 2.49. The number of nitrogens with one attached hydrogen (secondary N) is 1. The zero-order valence-corrected chi connectivity index (χ0v) is 13.7. The van der Waals surface area contributed by atoms with E-state index in [4.69, 9.17) is 9.47 Å². The Labute approximate surface area is 126 Å². The van der Waals surface area contributed by atoms with E-state index in [1.165, 1.54) is 24.6 Å². The maximum absolute atomic E-state index is 12.9. The molecule has 1 aliphatic rings. The highest BCUT2D eigenvalue weighted by molar-refractivity contribution is 7.89. The fourth-order valence-corrected chi connectivity index (χ4v) is 4.40. The lowest BCUT2D eigenvalue weighted by Gasteiger charge is -2.33. The van der Waals surface area contributed by atoms with Crippen LogP contribution in [0.5, 0.6) is 11.5 Å². The lowest BCUT2D eigenvalue weighted by atomic mass is 10.2. The van der Waals surface area contributed by atoms with E-state index in [2.05, 4.69) is 5.32 Å². The molecule has 0 spiro atoms. The largest absolute Gasteiger partial charge is 0.493 e. The van der Waals surface area contributed by atoms with Crippen LogP contribution in [0.25, 0.3) is 0 Å². The summed E-state index contributed by atoms with van der Waals surface area (Å²) in [5.41, 5.74) is 0.651. The Kier molecular flexibility index (Phi) is 4.75. The van der Waals surface area contributed by atoms with Crippen LogP contribution < -0.4 is 14.8 Å². The van der Waals surface area contributed by atoms with Gasteiger partial charge in [-0.3, -0.25) is 0 Å². The molecule has 0 amide bonds. The summed E-state index contributed by atoms with van der Waals surface area (Å²) in [7, 11) is -0.513. The molecule has 7 heteroatoms. The number of benzene rings is 1. The van der Waals surface area contributed by atoms with Gasteiger partial charge in [0.05, 0.1) is 19.1 Å². The molecule has 0 aromatic heterocycles. The second-order valence-corrected chi connectivity index (χ2v) is 7.00. The van der Waals surface area contributed by atoms with Gasteiger partial charge in [0, 0.05) is 31.7 Å². The van der Waals surface area contributed by atoms with Gasteiger partial charge in [-0.2, -0.15) is 4.31 Å². The minimum atomic E-state index is -3.54. The van der Waals surface area contributed by atoms with Crippen molar-refractivity contribution in [1.29, 1.82) is 0 Å². The minimum absolute atomic E-state index is 0.0729. The van der Waals surface area contributed by atoms with Gasteiger partial charge in [-0.05, 0) is 25.5 Å². The van der Waals surface area contributed by atoms with Crippen molar-refractivity contribution in [1.82, 2.24) is 9.62 Å². The average molecular weight is 314 g/mol. The Morgan fingerprint density at radius 3 is 2.43 bits per heavy atom. The minimum Gasteiger partial charge on any atom is -0.493 e. The number of ether oxygens (including phenoxy) is 2. The van der Waals surface area contributed by atoms with Crippen LogP contribution in [-0.2, 0) is 10.0 Å². The van der Waals surface area contributed by atoms with Crippen LogP contribution in [0.15, 0.2) is 17.0 Å². The van der Waals surface area contributed by atoms with Gasteiger partial charge in [-0.15, -0.1) is 0 Å². The topological polar surface area (TPSA) is 67.9 Å². The zero-order chi connectivity index (χ0) is 15.6. The summed E-state index contributed by atoms with van der Waals surface area (Å²) in [6, 6.07) is 3.16. The van der Waals surface area contributed by atoms with E-state index in [-0.39, 0.29) is 10.9 Å². The molecule has 2 rings (SSSR count). The van der Waals surface area contributed by atoms with Crippen LogP contribution in [0.3, 0.4) is 0 Å². The maximum Gasteiger partial charge on any atom is 0.243 e. The van der Waals surface area contributed by atoms with Gasteiger partial charge in [0.1, 0.15) is 0 Å². The Morgan fingerprint density at radius 1 is 1.24 bits per heavy atom. The first kappa shape index (κ1) is 16.1. The lowest BCUT2D eigenvalue weighted by molar-refractivity contribution is 0.283. The van der Waals surface area contributed by atoms with Gasteiger partial charge in [0.2, 0.25) is 10.0 Å². The molecule has 0 radical (unpaired) electrons. The fourth-order valence-electron chi connectivity index (χ4n) is 2.55. The third-order valence-corrected chi connectivity index (χ3v) is 5.86. The van der Waals surface area contributed by atoms with Gasteiger partial charge >= 0.3 is 0 Å². The summed E-state index contributed by atoms with van der Waals surface area (Å²) in [5, 5.41) is 3.19. The standard InChI is InChI=1S/C14H22N2O4S/c1-10-7-12(19-3)13(20-4)8-14(10)21(17,18)16-6-5-15-9-11(16)2/h7-8,11,15H,5-6,9H2,1-4H3/t11-/m1/s1. The number of piperazine rings is 1. The highest BCUT2D eigenvalue weighted by Gasteiger charge is 2.32. The molecule has 0 unspecified atom stereocenters. The second kappa shape index (κ2) is 6.21. The van der Waals surface area contributed by atoms with Crippen molar-refractivity contribution >= 4 is 10.0 Å². The highest BCUT2D eigenvalue weighted by Crippen LogP contribution is 2.34. The predicted molar refractivity (Wildman–Crippen MR) is 80.5 cm³/mol. The van der Waals surface area contributed by atoms with Crippen LogP contribution in [-0.4, -0.2) is 52.6 Å². The first-order chi connectivity index (χ1) is 9.91. The molecule has 1 aromatic rings. The normalized spacial score (nSPS) is 20.3. The van der Waals surface area contributed by atoms with Crippen molar-refractivity contribution in [2.45, 2.75) is 24.8 Å². The maximum atomic E-state index is 12.9. The summed E-state index contributed by atoms with van der Waals surface area (Å²) in [5.74, 6) is 0.951. The molecule has 6 nitrogen and oxygen atoms in total. The summed E-state index contributed by atoms with van der Waals surface area (Å²) in [6.07, 6.45) is 0. The Bertz CT molecular complexity index is 616. The molecule has 1 N–H and O–H groups in total. The van der Waals surface area contributed by atoms with E-state index in [0.29, 0.717) is 36.7 Å². The molecule has 1 aromatic carbocycles. The quantitative estimate of drug-likeness (QED) is 0.898. The summed E-state index contributed by atoms with van der Waals surface area (Å²) in [4.78, 5) is 0.272. The average Bonchev–Trinajstić information content (AvgIpc) is 2.46. The summed E-state index contributed by atoms with van der Waals surface area (Å²) in [6.45, 7) is 5.46. The van der Waals surface area contributed by atoms with E-state index in [0.717, 1.165) is 0 Å². The van der Waals surface area contributed by atoms with Gasteiger partial charge in [0.15, 0.2) is 11.5 Å². The third kappa shape index (κ3) is 3.00. The smallest absolute Gasteiger partial charge is 0.243 e.